The normalized spacial score (nSPS) is 11.3. The van der Waals surface area contributed by atoms with E-state index >= 15 is 0 Å². The number of rotatable bonds is 4. The molecule has 0 atom stereocenters. The van der Waals surface area contributed by atoms with Crippen molar-refractivity contribution in [3.05, 3.63) is 29.6 Å². The number of halogens is 3. The second-order valence-corrected chi connectivity index (χ2v) is 3.40. The number of benzene rings is 1. The molecular formula is C10H13F3N2. The van der Waals surface area contributed by atoms with E-state index in [9.17, 15) is 13.2 Å². The van der Waals surface area contributed by atoms with Crippen molar-refractivity contribution in [1.82, 2.24) is 4.90 Å². The Morgan fingerprint density at radius 3 is 2.60 bits per heavy atom. The largest absolute Gasteiger partial charge is 0.398 e. The SMILES string of the molecule is CN(Cc1c(N)cccc1F)CC(F)F. The lowest BCUT2D eigenvalue weighted by atomic mass is 10.1. The van der Waals surface area contributed by atoms with Crippen molar-refractivity contribution in [3.63, 3.8) is 0 Å². The highest BCUT2D eigenvalue weighted by Gasteiger charge is 2.12. The van der Waals surface area contributed by atoms with E-state index in [1.54, 1.807) is 6.07 Å². The standard InChI is InChI=1S/C10H13F3N2/c1-15(6-10(12)13)5-7-8(11)3-2-4-9(7)14/h2-4,10H,5-6,14H2,1H3. The zero-order chi connectivity index (χ0) is 11.4. The molecule has 0 unspecified atom stereocenters. The third-order valence-electron chi connectivity index (χ3n) is 2.03. The fraction of sp³-hybridized carbons (Fsp3) is 0.400. The van der Waals surface area contributed by atoms with Gasteiger partial charge in [-0.25, -0.2) is 13.2 Å². The molecule has 0 fully saturated rings. The minimum absolute atomic E-state index is 0.0862. The summed E-state index contributed by atoms with van der Waals surface area (Å²) in [5.41, 5.74) is 6.10. The average molecular weight is 218 g/mol. The molecule has 0 aliphatic heterocycles. The van der Waals surface area contributed by atoms with Crippen LogP contribution in [0, 0.1) is 5.82 Å². The van der Waals surface area contributed by atoms with Crippen LogP contribution in [0.2, 0.25) is 0 Å². The van der Waals surface area contributed by atoms with Crippen LogP contribution in [0.25, 0.3) is 0 Å². The van der Waals surface area contributed by atoms with Crippen LogP contribution in [0.5, 0.6) is 0 Å². The molecule has 0 aliphatic rings. The van der Waals surface area contributed by atoms with Crippen LogP contribution >= 0.6 is 0 Å². The molecule has 0 bridgehead atoms. The first-order valence-corrected chi connectivity index (χ1v) is 4.50. The lowest BCUT2D eigenvalue weighted by molar-refractivity contribution is 0.0971. The topological polar surface area (TPSA) is 29.3 Å². The van der Waals surface area contributed by atoms with Crippen LogP contribution in [0.3, 0.4) is 0 Å². The average Bonchev–Trinajstić information content (AvgIpc) is 2.10. The molecular weight excluding hydrogens is 205 g/mol. The van der Waals surface area contributed by atoms with Crippen molar-refractivity contribution in [2.75, 3.05) is 19.3 Å². The Morgan fingerprint density at radius 2 is 2.07 bits per heavy atom. The molecule has 2 nitrogen and oxygen atoms in total. The summed E-state index contributed by atoms with van der Waals surface area (Å²) >= 11 is 0. The summed E-state index contributed by atoms with van der Waals surface area (Å²) in [6.07, 6.45) is -2.43. The van der Waals surface area contributed by atoms with Crippen molar-refractivity contribution in [2.24, 2.45) is 0 Å². The summed E-state index contributed by atoms with van der Waals surface area (Å²) in [4.78, 5) is 1.33. The van der Waals surface area contributed by atoms with Gasteiger partial charge < -0.3 is 5.73 Å². The van der Waals surface area contributed by atoms with E-state index in [1.807, 2.05) is 0 Å². The zero-order valence-corrected chi connectivity index (χ0v) is 8.38. The Bertz CT molecular complexity index is 308. The van der Waals surface area contributed by atoms with E-state index in [1.165, 1.54) is 24.1 Å². The van der Waals surface area contributed by atoms with Crippen LogP contribution in [0.15, 0.2) is 18.2 Å². The summed E-state index contributed by atoms with van der Waals surface area (Å²) in [5, 5.41) is 0. The first-order chi connectivity index (χ1) is 7.00. The summed E-state index contributed by atoms with van der Waals surface area (Å²) in [7, 11) is 1.50. The van der Waals surface area contributed by atoms with E-state index in [4.69, 9.17) is 5.73 Å². The molecule has 5 heteroatoms. The molecule has 84 valence electrons. The van der Waals surface area contributed by atoms with Gasteiger partial charge in [0.25, 0.3) is 6.43 Å². The van der Waals surface area contributed by atoms with E-state index in [2.05, 4.69) is 0 Å². The van der Waals surface area contributed by atoms with Crippen molar-refractivity contribution in [3.8, 4) is 0 Å². The second kappa shape index (κ2) is 5.02. The molecule has 1 rings (SSSR count). The van der Waals surface area contributed by atoms with Crippen LogP contribution in [-0.2, 0) is 6.54 Å². The van der Waals surface area contributed by atoms with E-state index < -0.39 is 18.8 Å². The third-order valence-corrected chi connectivity index (χ3v) is 2.03. The Kier molecular flexibility index (Phi) is 3.96. The summed E-state index contributed by atoms with van der Waals surface area (Å²) < 4.78 is 37.3. The van der Waals surface area contributed by atoms with Crippen molar-refractivity contribution in [1.29, 1.82) is 0 Å². The Morgan fingerprint density at radius 1 is 1.40 bits per heavy atom. The quantitative estimate of drug-likeness (QED) is 0.784. The maximum absolute atomic E-state index is 13.3. The van der Waals surface area contributed by atoms with Gasteiger partial charge in [-0.2, -0.15) is 0 Å². The monoisotopic (exact) mass is 218 g/mol. The predicted molar refractivity (Wildman–Crippen MR) is 53.2 cm³/mol. The second-order valence-electron chi connectivity index (χ2n) is 3.40. The van der Waals surface area contributed by atoms with Crippen LogP contribution < -0.4 is 5.73 Å². The molecule has 0 amide bonds. The molecule has 15 heavy (non-hydrogen) atoms. The number of hydrogen-bond donors (Lipinski definition) is 1. The van der Waals surface area contributed by atoms with Crippen molar-refractivity contribution in [2.45, 2.75) is 13.0 Å². The highest BCUT2D eigenvalue weighted by molar-refractivity contribution is 5.47. The lowest BCUT2D eigenvalue weighted by Crippen LogP contribution is -2.25. The van der Waals surface area contributed by atoms with Crippen LogP contribution in [0.1, 0.15) is 5.56 Å². The smallest absolute Gasteiger partial charge is 0.251 e. The van der Waals surface area contributed by atoms with E-state index in [-0.39, 0.29) is 17.8 Å². The fourth-order valence-electron chi connectivity index (χ4n) is 1.31. The first-order valence-electron chi connectivity index (χ1n) is 4.50. The van der Waals surface area contributed by atoms with Crippen LogP contribution in [-0.4, -0.2) is 24.9 Å². The molecule has 0 radical (unpaired) electrons. The molecule has 1 aromatic carbocycles. The third kappa shape index (κ3) is 3.43. The maximum Gasteiger partial charge on any atom is 0.251 e. The minimum Gasteiger partial charge on any atom is -0.398 e. The minimum atomic E-state index is -2.43. The predicted octanol–water partition coefficient (Wildman–Crippen LogP) is 2.10. The molecule has 0 heterocycles. The number of anilines is 1. The molecule has 0 aliphatic carbocycles. The summed E-state index contributed by atoms with van der Waals surface area (Å²) in [5.74, 6) is -0.462. The van der Waals surface area contributed by atoms with Gasteiger partial charge in [-0.3, -0.25) is 4.90 Å². The number of hydrogen-bond acceptors (Lipinski definition) is 2. The van der Waals surface area contributed by atoms with Crippen molar-refractivity contribution >= 4 is 5.69 Å². The summed E-state index contributed by atoms with van der Waals surface area (Å²) in [6.45, 7) is -0.309. The molecule has 0 saturated carbocycles. The number of nitrogens with zero attached hydrogens (tertiary/aromatic N) is 1. The Labute approximate surface area is 86.5 Å². The number of nitrogen functional groups attached to an aromatic ring is 1. The van der Waals surface area contributed by atoms with Gasteiger partial charge in [0.05, 0.1) is 6.54 Å². The molecule has 1 aromatic rings. The zero-order valence-electron chi connectivity index (χ0n) is 8.38. The number of nitrogens with two attached hydrogens (primary N) is 1. The highest BCUT2D eigenvalue weighted by atomic mass is 19.3. The first kappa shape index (κ1) is 11.8. The van der Waals surface area contributed by atoms with Gasteiger partial charge in [-0.15, -0.1) is 0 Å². The van der Waals surface area contributed by atoms with Crippen molar-refractivity contribution < 1.29 is 13.2 Å². The Balaban J connectivity index is 2.71. The number of alkyl halides is 2. The summed E-state index contributed by atoms with van der Waals surface area (Å²) in [6, 6.07) is 4.30. The van der Waals surface area contributed by atoms with Crippen LogP contribution in [0.4, 0.5) is 18.9 Å². The maximum atomic E-state index is 13.3. The molecule has 2 N–H and O–H groups in total. The van der Waals surface area contributed by atoms with Gasteiger partial charge in [-0.1, -0.05) is 6.07 Å². The van der Waals surface area contributed by atoms with E-state index in [0.29, 0.717) is 0 Å². The van der Waals surface area contributed by atoms with Gasteiger partial charge in [0, 0.05) is 17.8 Å². The fourth-order valence-corrected chi connectivity index (χ4v) is 1.31. The van der Waals surface area contributed by atoms with Gasteiger partial charge in [0.2, 0.25) is 0 Å². The van der Waals surface area contributed by atoms with Gasteiger partial charge in [0.15, 0.2) is 0 Å². The molecule has 0 spiro atoms. The van der Waals surface area contributed by atoms with Gasteiger partial charge in [0.1, 0.15) is 5.82 Å². The molecule has 0 aromatic heterocycles. The van der Waals surface area contributed by atoms with Gasteiger partial charge >= 0.3 is 0 Å². The lowest BCUT2D eigenvalue weighted by Gasteiger charge is -2.17. The Hall–Kier alpha value is -1.23. The molecule has 0 saturated heterocycles. The van der Waals surface area contributed by atoms with Gasteiger partial charge in [-0.05, 0) is 19.2 Å². The van der Waals surface area contributed by atoms with E-state index in [0.717, 1.165) is 0 Å². The highest BCUT2D eigenvalue weighted by Crippen LogP contribution is 2.17.